The normalized spacial score (nSPS) is 16.5. The minimum atomic E-state index is -0.126. The Morgan fingerprint density at radius 3 is 2.57 bits per heavy atom. The summed E-state index contributed by atoms with van der Waals surface area (Å²) in [5.41, 5.74) is 1.25. The van der Waals surface area contributed by atoms with Gasteiger partial charge in [-0.3, -0.25) is 9.48 Å². The smallest absolute Gasteiger partial charge is 0.278 e. The van der Waals surface area contributed by atoms with Gasteiger partial charge < -0.3 is 15.0 Å². The molecule has 1 aromatic heterocycles. The highest BCUT2D eigenvalue weighted by Crippen LogP contribution is 2.24. The van der Waals surface area contributed by atoms with E-state index >= 15 is 0 Å². The fraction of sp³-hybridized carbons (Fsp3) is 0.273. The van der Waals surface area contributed by atoms with Crippen LogP contribution < -0.4 is 15.0 Å². The summed E-state index contributed by atoms with van der Waals surface area (Å²) in [6.07, 6.45) is 4.11. The van der Waals surface area contributed by atoms with Gasteiger partial charge in [0.1, 0.15) is 11.5 Å². The van der Waals surface area contributed by atoms with Crippen LogP contribution in [0, 0.1) is 0 Å². The van der Waals surface area contributed by atoms with Crippen LogP contribution in [0.3, 0.4) is 0 Å². The number of amides is 1. The summed E-state index contributed by atoms with van der Waals surface area (Å²) in [5.74, 6) is 1.38. The van der Waals surface area contributed by atoms with Gasteiger partial charge in [0.2, 0.25) is 0 Å². The number of piperidine rings is 1. The first-order valence-corrected chi connectivity index (χ1v) is 9.57. The molecule has 6 heteroatoms. The van der Waals surface area contributed by atoms with Gasteiger partial charge in [0.15, 0.2) is 5.69 Å². The summed E-state index contributed by atoms with van der Waals surface area (Å²) in [4.78, 5) is 14.4. The van der Waals surface area contributed by atoms with Gasteiger partial charge >= 0.3 is 0 Å². The van der Waals surface area contributed by atoms with Crippen molar-refractivity contribution < 1.29 is 9.53 Å². The van der Waals surface area contributed by atoms with Gasteiger partial charge in [-0.2, -0.15) is 5.10 Å². The van der Waals surface area contributed by atoms with Crippen LogP contribution in [-0.4, -0.2) is 35.8 Å². The van der Waals surface area contributed by atoms with E-state index in [9.17, 15) is 4.79 Å². The second-order valence-corrected chi connectivity index (χ2v) is 6.95. The number of hydrogen-bond acceptors (Lipinski definition) is 4. The minimum absolute atomic E-state index is 0.126. The zero-order valence-corrected chi connectivity index (χ0v) is 15.9. The molecule has 4 rings (SSSR count). The standard InChI is InChI=1S/C22H24N4O2/c1-25(17-9-11-20(12-10-17)28-19-7-3-2-4-8-19)22(27)21-13-15-26(24-21)18-6-5-14-23-16-18/h2-4,7-13,15,18,23H,5-6,14,16H2,1H3. The lowest BCUT2D eigenvalue weighted by Crippen LogP contribution is -2.32. The van der Waals surface area contributed by atoms with Gasteiger partial charge in [0, 0.05) is 25.5 Å². The van der Waals surface area contributed by atoms with Crippen molar-refractivity contribution in [1.82, 2.24) is 15.1 Å². The van der Waals surface area contributed by atoms with Crippen molar-refractivity contribution in [2.75, 3.05) is 25.0 Å². The molecule has 144 valence electrons. The predicted molar refractivity (Wildman–Crippen MR) is 109 cm³/mol. The third kappa shape index (κ3) is 4.07. The summed E-state index contributed by atoms with van der Waals surface area (Å²) < 4.78 is 7.71. The summed E-state index contributed by atoms with van der Waals surface area (Å²) in [7, 11) is 1.76. The lowest BCUT2D eigenvalue weighted by molar-refractivity contribution is 0.0987. The third-order valence-electron chi connectivity index (χ3n) is 4.98. The molecule has 1 N–H and O–H groups in total. The highest BCUT2D eigenvalue weighted by molar-refractivity contribution is 6.04. The van der Waals surface area contributed by atoms with E-state index in [1.54, 1.807) is 18.0 Å². The zero-order chi connectivity index (χ0) is 19.3. The van der Waals surface area contributed by atoms with Gasteiger partial charge in [-0.25, -0.2) is 0 Å². The van der Waals surface area contributed by atoms with Crippen LogP contribution >= 0.6 is 0 Å². The summed E-state index contributed by atoms with van der Waals surface area (Å²) in [6, 6.07) is 19.2. The molecular formula is C22H24N4O2. The molecule has 3 aromatic rings. The van der Waals surface area contributed by atoms with Crippen molar-refractivity contribution in [2.24, 2.45) is 0 Å². The molecule has 1 amide bonds. The molecule has 0 radical (unpaired) electrons. The van der Waals surface area contributed by atoms with Gasteiger partial charge in [-0.15, -0.1) is 0 Å². The largest absolute Gasteiger partial charge is 0.457 e. The third-order valence-corrected chi connectivity index (χ3v) is 4.98. The number of hydrogen-bond donors (Lipinski definition) is 1. The molecule has 28 heavy (non-hydrogen) atoms. The second kappa shape index (κ2) is 8.27. The first-order valence-electron chi connectivity index (χ1n) is 9.57. The molecular weight excluding hydrogens is 352 g/mol. The summed E-state index contributed by atoms with van der Waals surface area (Å²) in [6.45, 7) is 1.95. The van der Waals surface area contributed by atoms with Crippen molar-refractivity contribution in [3.63, 3.8) is 0 Å². The number of anilines is 1. The van der Waals surface area contributed by atoms with Crippen molar-refractivity contribution in [3.05, 3.63) is 72.6 Å². The highest BCUT2D eigenvalue weighted by atomic mass is 16.5. The number of nitrogens with zero attached hydrogens (tertiary/aromatic N) is 3. The van der Waals surface area contributed by atoms with Crippen molar-refractivity contribution in [2.45, 2.75) is 18.9 Å². The maximum atomic E-state index is 12.8. The summed E-state index contributed by atoms with van der Waals surface area (Å²) in [5, 5.41) is 7.89. The molecule has 2 heterocycles. The molecule has 6 nitrogen and oxygen atoms in total. The Labute approximate surface area is 164 Å². The van der Waals surface area contributed by atoms with E-state index in [0.717, 1.165) is 43.1 Å². The number of carbonyl (C=O) groups excluding carboxylic acids is 1. The van der Waals surface area contributed by atoms with Crippen molar-refractivity contribution in [1.29, 1.82) is 0 Å². The van der Waals surface area contributed by atoms with E-state index in [1.807, 2.05) is 65.5 Å². The average molecular weight is 376 g/mol. The zero-order valence-electron chi connectivity index (χ0n) is 15.9. The van der Waals surface area contributed by atoms with E-state index in [1.165, 1.54) is 0 Å². The van der Waals surface area contributed by atoms with Crippen LogP contribution in [0.15, 0.2) is 66.9 Å². The molecule has 1 unspecified atom stereocenters. The van der Waals surface area contributed by atoms with E-state index in [-0.39, 0.29) is 5.91 Å². The van der Waals surface area contributed by atoms with Crippen LogP contribution in [0.1, 0.15) is 29.4 Å². The number of carbonyl (C=O) groups is 1. The van der Waals surface area contributed by atoms with E-state index in [4.69, 9.17) is 4.74 Å². The Hall–Kier alpha value is -3.12. The van der Waals surface area contributed by atoms with Crippen LogP contribution in [0.2, 0.25) is 0 Å². The van der Waals surface area contributed by atoms with Gasteiger partial charge in [-0.05, 0) is 61.9 Å². The van der Waals surface area contributed by atoms with Gasteiger partial charge in [-0.1, -0.05) is 18.2 Å². The average Bonchev–Trinajstić information content (AvgIpc) is 3.25. The molecule has 0 saturated carbocycles. The second-order valence-electron chi connectivity index (χ2n) is 6.95. The quantitative estimate of drug-likeness (QED) is 0.734. The van der Waals surface area contributed by atoms with Crippen LogP contribution in [0.25, 0.3) is 0 Å². The first kappa shape index (κ1) is 18.3. The predicted octanol–water partition coefficient (Wildman–Crippen LogP) is 3.88. The lowest BCUT2D eigenvalue weighted by atomic mass is 10.1. The first-order chi connectivity index (χ1) is 13.7. The van der Waals surface area contributed by atoms with E-state index < -0.39 is 0 Å². The molecule has 1 aliphatic rings. The molecule has 1 aliphatic heterocycles. The number of rotatable bonds is 5. The van der Waals surface area contributed by atoms with Crippen LogP contribution in [0.5, 0.6) is 11.5 Å². The number of ether oxygens (including phenoxy) is 1. The Bertz CT molecular complexity index is 915. The van der Waals surface area contributed by atoms with Crippen LogP contribution in [0.4, 0.5) is 5.69 Å². The topological polar surface area (TPSA) is 59.4 Å². The van der Waals surface area contributed by atoms with Crippen molar-refractivity contribution >= 4 is 11.6 Å². The van der Waals surface area contributed by atoms with E-state index in [2.05, 4.69) is 10.4 Å². The molecule has 1 atom stereocenters. The number of nitrogens with one attached hydrogen (secondary N) is 1. The van der Waals surface area contributed by atoms with E-state index in [0.29, 0.717) is 11.7 Å². The Morgan fingerprint density at radius 1 is 1.11 bits per heavy atom. The molecule has 1 saturated heterocycles. The minimum Gasteiger partial charge on any atom is -0.457 e. The highest BCUT2D eigenvalue weighted by Gasteiger charge is 2.20. The van der Waals surface area contributed by atoms with Crippen LogP contribution in [-0.2, 0) is 0 Å². The fourth-order valence-electron chi connectivity index (χ4n) is 3.37. The van der Waals surface area contributed by atoms with Gasteiger partial charge in [0.05, 0.1) is 6.04 Å². The molecule has 1 fully saturated rings. The maximum absolute atomic E-state index is 12.8. The summed E-state index contributed by atoms with van der Waals surface area (Å²) >= 11 is 0. The molecule has 0 bridgehead atoms. The number of benzene rings is 2. The Morgan fingerprint density at radius 2 is 1.86 bits per heavy atom. The Balaban J connectivity index is 1.43. The fourth-order valence-corrected chi connectivity index (χ4v) is 3.37. The Kier molecular flexibility index (Phi) is 5.39. The molecule has 0 spiro atoms. The lowest BCUT2D eigenvalue weighted by Gasteiger charge is -2.23. The number of para-hydroxylation sites is 1. The van der Waals surface area contributed by atoms with Gasteiger partial charge in [0.25, 0.3) is 5.91 Å². The number of aromatic nitrogens is 2. The molecule has 2 aromatic carbocycles. The maximum Gasteiger partial charge on any atom is 0.278 e. The SMILES string of the molecule is CN(C(=O)c1ccn(C2CCCNC2)n1)c1ccc(Oc2ccccc2)cc1. The van der Waals surface area contributed by atoms with Crippen molar-refractivity contribution in [3.8, 4) is 11.5 Å². The molecule has 0 aliphatic carbocycles. The monoisotopic (exact) mass is 376 g/mol.